The fourth-order valence-corrected chi connectivity index (χ4v) is 2.32. The van der Waals surface area contributed by atoms with Crippen LogP contribution < -0.4 is 20.5 Å². The lowest BCUT2D eigenvalue weighted by atomic mass is 10.2. The molecule has 0 aliphatic rings. The van der Waals surface area contributed by atoms with Crippen molar-refractivity contribution in [3.8, 4) is 11.5 Å². The number of carbonyl (C=O) groups excluding carboxylic acids is 3. The highest BCUT2D eigenvalue weighted by Gasteiger charge is 2.17. The van der Waals surface area contributed by atoms with Crippen molar-refractivity contribution in [3.05, 3.63) is 59.7 Å². The highest BCUT2D eigenvalue weighted by atomic mass is 16.5. The first-order chi connectivity index (χ1) is 13.8. The summed E-state index contributed by atoms with van der Waals surface area (Å²) < 4.78 is 15.4. The van der Waals surface area contributed by atoms with Gasteiger partial charge in [-0.2, -0.15) is 0 Å². The predicted octanol–water partition coefficient (Wildman–Crippen LogP) is 2.39. The molecule has 8 heteroatoms. The van der Waals surface area contributed by atoms with Gasteiger partial charge in [-0.15, -0.1) is 0 Å². The molecule has 0 saturated carbocycles. The maximum absolute atomic E-state index is 12.2. The molecule has 0 heterocycles. The molecule has 8 nitrogen and oxygen atoms in total. The number of anilines is 1. The third-order valence-corrected chi connectivity index (χ3v) is 3.88. The maximum Gasteiger partial charge on any atom is 0.331 e. The average molecular weight is 398 g/mol. The Morgan fingerprint density at radius 2 is 1.59 bits per heavy atom. The summed E-state index contributed by atoms with van der Waals surface area (Å²) >= 11 is 0. The molecule has 0 unspecified atom stereocenters. The van der Waals surface area contributed by atoms with E-state index in [9.17, 15) is 14.4 Å². The minimum atomic E-state index is -1.03. The molecule has 3 N–H and O–H groups in total. The molecular formula is C21H22N2O6. The molecule has 2 aromatic carbocycles. The first-order valence-electron chi connectivity index (χ1n) is 8.65. The summed E-state index contributed by atoms with van der Waals surface area (Å²) in [6.07, 6.45) is 1.71. The van der Waals surface area contributed by atoms with E-state index in [4.69, 9.17) is 19.9 Å². The van der Waals surface area contributed by atoms with Crippen molar-refractivity contribution >= 4 is 29.5 Å². The molecule has 2 rings (SSSR count). The molecule has 152 valence electrons. The number of hydrogen-bond acceptors (Lipinski definition) is 6. The summed E-state index contributed by atoms with van der Waals surface area (Å²) in [5, 5.41) is 2.59. The number of hydrogen-bond donors (Lipinski definition) is 2. The Kier molecular flexibility index (Phi) is 7.36. The second kappa shape index (κ2) is 9.93. The highest BCUT2D eigenvalue weighted by molar-refractivity contribution is 5.97. The van der Waals surface area contributed by atoms with Gasteiger partial charge in [0.25, 0.3) is 5.91 Å². The second-order valence-electron chi connectivity index (χ2n) is 5.99. The number of esters is 1. The van der Waals surface area contributed by atoms with Gasteiger partial charge in [0.1, 0.15) is 11.5 Å². The van der Waals surface area contributed by atoms with Gasteiger partial charge in [-0.3, -0.25) is 9.59 Å². The lowest BCUT2D eigenvalue weighted by Crippen LogP contribution is -2.29. The number of primary amides is 1. The molecule has 2 aromatic rings. The average Bonchev–Trinajstić information content (AvgIpc) is 2.72. The highest BCUT2D eigenvalue weighted by Crippen LogP contribution is 2.23. The zero-order valence-electron chi connectivity index (χ0n) is 16.3. The van der Waals surface area contributed by atoms with Crippen LogP contribution in [0, 0.1) is 0 Å². The van der Waals surface area contributed by atoms with Gasteiger partial charge < -0.3 is 25.3 Å². The number of carbonyl (C=O) groups is 3. The van der Waals surface area contributed by atoms with E-state index in [2.05, 4.69) is 5.32 Å². The lowest BCUT2D eigenvalue weighted by molar-refractivity contribution is -0.148. The Hall–Kier alpha value is -3.81. The summed E-state index contributed by atoms with van der Waals surface area (Å²) in [4.78, 5) is 35.2. The van der Waals surface area contributed by atoms with Crippen LogP contribution in [0.4, 0.5) is 5.69 Å². The van der Waals surface area contributed by atoms with Crippen LogP contribution in [0.25, 0.3) is 6.08 Å². The van der Waals surface area contributed by atoms with E-state index in [1.54, 1.807) is 18.2 Å². The molecule has 0 aliphatic carbocycles. The Bertz CT molecular complexity index is 899. The maximum atomic E-state index is 12.2. The molecule has 29 heavy (non-hydrogen) atoms. The van der Waals surface area contributed by atoms with Gasteiger partial charge in [0.15, 0.2) is 6.10 Å². The number of ether oxygens (including phenoxy) is 3. The number of methoxy groups -OCH3 is 2. The van der Waals surface area contributed by atoms with E-state index in [0.717, 1.165) is 0 Å². The monoisotopic (exact) mass is 398 g/mol. The molecule has 0 bridgehead atoms. The molecule has 1 atom stereocenters. The molecule has 0 saturated heterocycles. The zero-order valence-corrected chi connectivity index (χ0v) is 16.3. The molecule has 0 radical (unpaired) electrons. The number of rotatable bonds is 8. The van der Waals surface area contributed by atoms with Gasteiger partial charge in [0.05, 0.1) is 14.2 Å². The van der Waals surface area contributed by atoms with Crippen molar-refractivity contribution in [1.29, 1.82) is 0 Å². The standard InChI is InChI=1S/C21H22N2O6/c1-13(21(26)23-16-7-5-15(6-8-16)20(22)25)29-19(24)9-4-14-10-17(27-2)12-18(11-14)28-3/h4-13H,1-3H3,(H2,22,25)(H,23,26)/b9-4+/t13-/m0/s1. The van der Waals surface area contributed by atoms with E-state index in [1.165, 1.54) is 57.6 Å². The van der Waals surface area contributed by atoms with E-state index in [-0.39, 0.29) is 0 Å². The van der Waals surface area contributed by atoms with E-state index < -0.39 is 23.9 Å². The zero-order chi connectivity index (χ0) is 21.4. The third-order valence-electron chi connectivity index (χ3n) is 3.88. The van der Waals surface area contributed by atoms with Gasteiger partial charge >= 0.3 is 5.97 Å². The van der Waals surface area contributed by atoms with Crippen molar-refractivity contribution in [1.82, 2.24) is 0 Å². The lowest BCUT2D eigenvalue weighted by Gasteiger charge is -2.12. The quantitative estimate of drug-likeness (QED) is 0.521. The summed E-state index contributed by atoms with van der Waals surface area (Å²) in [5.74, 6) is -0.606. The van der Waals surface area contributed by atoms with Crippen molar-refractivity contribution < 1.29 is 28.6 Å². The van der Waals surface area contributed by atoms with Gasteiger partial charge in [-0.05, 0) is 55.0 Å². The van der Waals surface area contributed by atoms with Crippen LogP contribution in [0.15, 0.2) is 48.5 Å². The number of benzene rings is 2. The van der Waals surface area contributed by atoms with Crippen LogP contribution in [0.1, 0.15) is 22.8 Å². The summed E-state index contributed by atoms with van der Waals surface area (Å²) in [6, 6.07) is 11.2. The largest absolute Gasteiger partial charge is 0.497 e. The van der Waals surface area contributed by atoms with Crippen LogP contribution in [0.3, 0.4) is 0 Å². The summed E-state index contributed by atoms with van der Waals surface area (Å²) in [5.41, 5.74) is 6.61. The molecule has 0 aliphatic heterocycles. The summed E-state index contributed by atoms with van der Waals surface area (Å²) in [6.45, 7) is 1.45. The van der Waals surface area contributed by atoms with Gasteiger partial charge in [0.2, 0.25) is 5.91 Å². The van der Waals surface area contributed by atoms with E-state index in [1.807, 2.05) is 0 Å². The van der Waals surface area contributed by atoms with E-state index >= 15 is 0 Å². The van der Waals surface area contributed by atoms with Crippen LogP contribution in [0.5, 0.6) is 11.5 Å². The normalized spacial score (nSPS) is 11.6. The van der Waals surface area contributed by atoms with Gasteiger partial charge in [-0.25, -0.2) is 4.79 Å². The first kappa shape index (κ1) is 21.5. The topological polar surface area (TPSA) is 117 Å². The fraction of sp³-hybridized carbons (Fsp3) is 0.190. The van der Waals surface area contributed by atoms with Crippen molar-refractivity contribution in [2.75, 3.05) is 19.5 Å². The van der Waals surface area contributed by atoms with Gasteiger partial charge in [-0.1, -0.05) is 0 Å². The van der Waals surface area contributed by atoms with Crippen LogP contribution in [-0.2, 0) is 14.3 Å². The Labute approximate surface area is 168 Å². The van der Waals surface area contributed by atoms with E-state index in [0.29, 0.717) is 28.3 Å². The number of amides is 2. The van der Waals surface area contributed by atoms with Gasteiger partial charge in [0, 0.05) is 23.4 Å². The molecule has 0 fully saturated rings. The first-order valence-corrected chi connectivity index (χ1v) is 8.65. The Balaban J connectivity index is 1.94. The second-order valence-corrected chi connectivity index (χ2v) is 5.99. The minimum Gasteiger partial charge on any atom is -0.497 e. The molecular weight excluding hydrogens is 376 g/mol. The fourth-order valence-electron chi connectivity index (χ4n) is 2.32. The number of nitrogens with two attached hydrogens (primary N) is 1. The minimum absolute atomic E-state index is 0.321. The van der Waals surface area contributed by atoms with Crippen molar-refractivity contribution in [3.63, 3.8) is 0 Å². The Morgan fingerprint density at radius 1 is 1.00 bits per heavy atom. The molecule has 0 spiro atoms. The smallest absolute Gasteiger partial charge is 0.331 e. The Morgan fingerprint density at radius 3 is 2.10 bits per heavy atom. The SMILES string of the molecule is COc1cc(/C=C/C(=O)O[C@@H](C)C(=O)Nc2ccc(C(N)=O)cc2)cc(OC)c1. The van der Waals surface area contributed by atoms with Crippen LogP contribution >= 0.6 is 0 Å². The summed E-state index contributed by atoms with van der Waals surface area (Å²) in [7, 11) is 3.05. The predicted molar refractivity (Wildman–Crippen MR) is 108 cm³/mol. The van der Waals surface area contributed by atoms with Crippen molar-refractivity contribution in [2.45, 2.75) is 13.0 Å². The van der Waals surface area contributed by atoms with Crippen molar-refractivity contribution in [2.24, 2.45) is 5.73 Å². The molecule has 2 amide bonds. The van der Waals surface area contributed by atoms with Crippen LogP contribution in [0.2, 0.25) is 0 Å². The third kappa shape index (κ3) is 6.39. The number of nitrogens with one attached hydrogen (secondary N) is 1. The van der Waals surface area contributed by atoms with Crippen LogP contribution in [-0.4, -0.2) is 38.1 Å². The molecule has 0 aromatic heterocycles.